The second-order valence-corrected chi connectivity index (χ2v) is 5.21. The lowest BCUT2D eigenvalue weighted by molar-refractivity contribution is 0.556. The number of nitrogen functional groups attached to an aromatic ring is 1. The summed E-state index contributed by atoms with van der Waals surface area (Å²) >= 11 is 0. The zero-order valence-electron chi connectivity index (χ0n) is 11.1. The number of benzene rings is 1. The second-order valence-electron chi connectivity index (χ2n) is 5.21. The number of nitrogens with two attached hydrogens (primary N) is 1. The molecule has 2 rings (SSSR count). The first-order valence-corrected chi connectivity index (χ1v) is 6.84. The van der Waals surface area contributed by atoms with E-state index in [0.717, 1.165) is 5.69 Å². The van der Waals surface area contributed by atoms with Crippen molar-refractivity contribution in [1.29, 1.82) is 0 Å². The SMILES string of the molecule is CCC1CCCCCN1c1cc(C)cc(N)c1. The normalized spacial score (nSPS) is 21.3. The lowest BCUT2D eigenvalue weighted by atomic mass is 10.1. The van der Waals surface area contributed by atoms with E-state index in [-0.39, 0.29) is 0 Å². The van der Waals surface area contributed by atoms with Crippen molar-refractivity contribution in [2.45, 2.75) is 52.0 Å². The van der Waals surface area contributed by atoms with Gasteiger partial charge in [0, 0.05) is 24.0 Å². The van der Waals surface area contributed by atoms with E-state index < -0.39 is 0 Å². The van der Waals surface area contributed by atoms with E-state index in [1.54, 1.807) is 0 Å². The lowest BCUT2D eigenvalue weighted by Gasteiger charge is -2.32. The Bertz CT molecular complexity index is 353. The van der Waals surface area contributed by atoms with Crippen molar-refractivity contribution in [1.82, 2.24) is 0 Å². The van der Waals surface area contributed by atoms with Crippen LogP contribution in [0.1, 0.15) is 44.6 Å². The van der Waals surface area contributed by atoms with Gasteiger partial charge in [-0.15, -0.1) is 0 Å². The van der Waals surface area contributed by atoms with Crippen LogP contribution in [0.2, 0.25) is 0 Å². The topological polar surface area (TPSA) is 29.3 Å². The van der Waals surface area contributed by atoms with Crippen molar-refractivity contribution in [3.05, 3.63) is 23.8 Å². The molecule has 0 saturated carbocycles. The van der Waals surface area contributed by atoms with Gasteiger partial charge in [0.15, 0.2) is 0 Å². The van der Waals surface area contributed by atoms with E-state index >= 15 is 0 Å². The Morgan fingerprint density at radius 2 is 2.06 bits per heavy atom. The molecule has 2 nitrogen and oxygen atoms in total. The molecule has 0 radical (unpaired) electrons. The third-order valence-corrected chi connectivity index (χ3v) is 3.76. The zero-order valence-corrected chi connectivity index (χ0v) is 11.1. The summed E-state index contributed by atoms with van der Waals surface area (Å²) in [6, 6.07) is 7.13. The summed E-state index contributed by atoms with van der Waals surface area (Å²) < 4.78 is 0. The fourth-order valence-electron chi connectivity index (χ4n) is 2.90. The first-order chi connectivity index (χ1) is 8.20. The maximum Gasteiger partial charge on any atom is 0.0392 e. The Labute approximate surface area is 105 Å². The van der Waals surface area contributed by atoms with Crippen LogP contribution in [-0.2, 0) is 0 Å². The molecule has 1 atom stereocenters. The predicted octanol–water partition coefficient (Wildman–Crippen LogP) is 3.74. The Morgan fingerprint density at radius 3 is 2.76 bits per heavy atom. The molecule has 1 aromatic carbocycles. The zero-order chi connectivity index (χ0) is 12.3. The van der Waals surface area contributed by atoms with Gasteiger partial charge < -0.3 is 10.6 Å². The molecule has 0 bridgehead atoms. The molecule has 94 valence electrons. The van der Waals surface area contributed by atoms with Crippen LogP contribution in [0.15, 0.2) is 18.2 Å². The summed E-state index contributed by atoms with van der Waals surface area (Å²) in [6.45, 7) is 5.60. The van der Waals surface area contributed by atoms with Crippen molar-refractivity contribution >= 4 is 11.4 Å². The number of rotatable bonds is 2. The molecule has 0 spiro atoms. The number of hydrogen-bond donors (Lipinski definition) is 1. The highest BCUT2D eigenvalue weighted by Crippen LogP contribution is 2.28. The Balaban J connectivity index is 2.27. The first-order valence-electron chi connectivity index (χ1n) is 6.84. The number of aryl methyl sites for hydroxylation is 1. The largest absolute Gasteiger partial charge is 0.399 e. The maximum atomic E-state index is 5.97. The Morgan fingerprint density at radius 1 is 1.24 bits per heavy atom. The van der Waals surface area contributed by atoms with Gasteiger partial charge in [0.25, 0.3) is 0 Å². The van der Waals surface area contributed by atoms with Gasteiger partial charge in [-0.2, -0.15) is 0 Å². The van der Waals surface area contributed by atoms with Gasteiger partial charge in [0.05, 0.1) is 0 Å². The van der Waals surface area contributed by atoms with Crippen molar-refractivity contribution in [2.24, 2.45) is 0 Å². The van der Waals surface area contributed by atoms with Gasteiger partial charge in [0.1, 0.15) is 0 Å². The van der Waals surface area contributed by atoms with Crippen molar-refractivity contribution < 1.29 is 0 Å². The Kier molecular flexibility index (Phi) is 3.93. The molecular weight excluding hydrogens is 208 g/mol. The number of nitrogens with zero attached hydrogens (tertiary/aromatic N) is 1. The summed E-state index contributed by atoms with van der Waals surface area (Å²) in [7, 11) is 0. The van der Waals surface area contributed by atoms with Gasteiger partial charge >= 0.3 is 0 Å². The molecule has 0 aliphatic carbocycles. The van der Waals surface area contributed by atoms with Crippen LogP contribution in [0, 0.1) is 6.92 Å². The van der Waals surface area contributed by atoms with Crippen LogP contribution in [0.4, 0.5) is 11.4 Å². The monoisotopic (exact) mass is 232 g/mol. The fourth-order valence-corrected chi connectivity index (χ4v) is 2.90. The minimum absolute atomic E-state index is 0.693. The minimum Gasteiger partial charge on any atom is -0.399 e. The summed E-state index contributed by atoms with van der Waals surface area (Å²) in [5.74, 6) is 0. The van der Waals surface area contributed by atoms with Crippen molar-refractivity contribution in [3.8, 4) is 0 Å². The number of hydrogen-bond acceptors (Lipinski definition) is 2. The molecule has 0 amide bonds. The fraction of sp³-hybridized carbons (Fsp3) is 0.600. The van der Waals surface area contributed by atoms with E-state index in [9.17, 15) is 0 Å². The molecule has 17 heavy (non-hydrogen) atoms. The first kappa shape index (κ1) is 12.3. The van der Waals surface area contributed by atoms with Gasteiger partial charge in [-0.1, -0.05) is 19.8 Å². The molecular formula is C15H24N2. The van der Waals surface area contributed by atoms with Crippen LogP contribution >= 0.6 is 0 Å². The summed E-state index contributed by atoms with van der Waals surface area (Å²) in [5.41, 5.74) is 9.43. The van der Waals surface area contributed by atoms with Crippen LogP contribution in [0.5, 0.6) is 0 Å². The quantitative estimate of drug-likeness (QED) is 0.787. The van der Waals surface area contributed by atoms with Crippen LogP contribution < -0.4 is 10.6 Å². The average molecular weight is 232 g/mol. The predicted molar refractivity (Wildman–Crippen MR) is 75.5 cm³/mol. The molecule has 2 N–H and O–H groups in total. The summed E-state index contributed by atoms with van der Waals surface area (Å²) in [5, 5.41) is 0. The highest BCUT2D eigenvalue weighted by atomic mass is 15.2. The molecule has 1 aliphatic heterocycles. The molecule has 1 aromatic rings. The van der Waals surface area contributed by atoms with E-state index in [1.165, 1.54) is 49.9 Å². The highest BCUT2D eigenvalue weighted by Gasteiger charge is 2.19. The molecule has 1 heterocycles. The highest BCUT2D eigenvalue weighted by molar-refractivity contribution is 5.59. The molecule has 1 fully saturated rings. The van der Waals surface area contributed by atoms with Crippen LogP contribution in [-0.4, -0.2) is 12.6 Å². The molecule has 0 aromatic heterocycles. The van der Waals surface area contributed by atoms with Gasteiger partial charge in [-0.3, -0.25) is 0 Å². The average Bonchev–Trinajstić information content (AvgIpc) is 2.52. The van der Waals surface area contributed by atoms with Crippen LogP contribution in [0.3, 0.4) is 0 Å². The maximum absolute atomic E-state index is 5.97. The van der Waals surface area contributed by atoms with E-state index in [4.69, 9.17) is 5.73 Å². The third-order valence-electron chi connectivity index (χ3n) is 3.76. The summed E-state index contributed by atoms with van der Waals surface area (Å²) in [4.78, 5) is 2.57. The molecule has 1 aliphatic rings. The number of anilines is 2. The Hall–Kier alpha value is -1.18. The lowest BCUT2D eigenvalue weighted by Crippen LogP contribution is -2.34. The van der Waals surface area contributed by atoms with E-state index in [1.807, 2.05) is 6.07 Å². The second kappa shape index (κ2) is 5.44. The minimum atomic E-state index is 0.693. The van der Waals surface area contributed by atoms with Gasteiger partial charge in [-0.05, 0) is 49.9 Å². The van der Waals surface area contributed by atoms with Crippen molar-refractivity contribution in [3.63, 3.8) is 0 Å². The summed E-state index contributed by atoms with van der Waals surface area (Å²) in [6.07, 6.45) is 6.60. The van der Waals surface area contributed by atoms with E-state index in [0.29, 0.717) is 6.04 Å². The molecule has 1 unspecified atom stereocenters. The smallest absolute Gasteiger partial charge is 0.0392 e. The van der Waals surface area contributed by atoms with Gasteiger partial charge in [0.2, 0.25) is 0 Å². The molecule has 1 saturated heterocycles. The standard InChI is InChI=1S/C15H24N2/c1-3-14-7-5-4-6-8-17(14)15-10-12(2)9-13(16)11-15/h9-11,14H,3-8,16H2,1-2H3. The third kappa shape index (κ3) is 2.93. The van der Waals surface area contributed by atoms with E-state index in [2.05, 4.69) is 30.9 Å². The van der Waals surface area contributed by atoms with Crippen LogP contribution in [0.25, 0.3) is 0 Å². The molecule has 2 heteroatoms. The van der Waals surface area contributed by atoms with Gasteiger partial charge in [-0.25, -0.2) is 0 Å². The van der Waals surface area contributed by atoms with Crippen molar-refractivity contribution in [2.75, 3.05) is 17.2 Å².